The summed E-state index contributed by atoms with van der Waals surface area (Å²) in [5, 5.41) is 3.43. The zero-order chi connectivity index (χ0) is 19.5. The molecular formula is C21H21ClN4O2. The van der Waals surface area contributed by atoms with Crippen LogP contribution >= 0.6 is 11.6 Å². The van der Waals surface area contributed by atoms with E-state index in [9.17, 15) is 9.59 Å². The molecule has 0 saturated carbocycles. The number of hydrogen-bond acceptors (Lipinski definition) is 3. The normalized spacial score (nSPS) is 13.4. The third-order valence-electron chi connectivity index (χ3n) is 4.98. The summed E-state index contributed by atoms with van der Waals surface area (Å²) in [5.74, 6) is 0. The first-order valence-electron chi connectivity index (χ1n) is 9.38. The second-order valence-electron chi connectivity index (χ2n) is 6.91. The van der Waals surface area contributed by atoms with Crippen LogP contribution in [0.4, 0.5) is 4.79 Å². The van der Waals surface area contributed by atoms with E-state index in [0.29, 0.717) is 35.7 Å². The van der Waals surface area contributed by atoms with Crippen molar-refractivity contribution in [1.29, 1.82) is 0 Å². The van der Waals surface area contributed by atoms with Crippen LogP contribution in [0.1, 0.15) is 23.2 Å². The van der Waals surface area contributed by atoms with Crippen molar-refractivity contribution in [3.63, 3.8) is 0 Å². The molecule has 0 aliphatic carbocycles. The van der Waals surface area contributed by atoms with Gasteiger partial charge in [0.2, 0.25) is 0 Å². The Balaban J connectivity index is 1.40. The molecule has 2 aromatic heterocycles. The summed E-state index contributed by atoms with van der Waals surface area (Å²) < 4.78 is 1.45. The minimum Gasteiger partial charge on any atom is -0.338 e. The van der Waals surface area contributed by atoms with E-state index in [-0.39, 0.29) is 18.1 Å². The number of benzene rings is 1. The number of amides is 2. The molecule has 3 heterocycles. The van der Waals surface area contributed by atoms with E-state index in [1.54, 1.807) is 23.2 Å². The predicted molar refractivity (Wildman–Crippen MR) is 109 cm³/mol. The molecule has 0 atom stereocenters. The van der Waals surface area contributed by atoms with Crippen LogP contribution in [-0.2, 0) is 19.4 Å². The van der Waals surface area contributed by atoms with E-state index in [2.05, 4.69) is 22.4 Å². The predicted octanol–water partition coefficient (Wildman–Crippen LogP) is 3.05. The maximum atomic E-state index is 12.8. The van der Waals surface area contributed by atoms with Gasteiger partial charge in [-0.15, -0.1) is 0 Å². The number of aromatic nitrogens is 2. The molecule has 4 rings (SSSR count). The Bertz CT molecular complexity index is 1070. The number of fused-ring (bicyclic) bond motifs is 2. The monoisotopic (exact) mass is 396 g/mol. The SMILES string of the molecule is O=C(NCCCc1ccccc1)N1CCc2nc3ccc(Cl)cn3c(=O)c2C1. The first kappa shape index (κ1) is 18.5. The van der Waals surface area contributed by atoms with Gasteiger partial charge < -0.3 is 10.2 Å². The van der Waals surface area contributed by atoms with E-state index in [1.165, 1.54) is 9.96 Å². The van der Waals surface area contributed by atoms with E-state index >= 15 is 0 Å². The summed E-state index contributed by atoms with van der Waals surface area (Å²) in [6, 6.07) is 13.5. The van der Waals surface area contributed by atoms with Gasteiger partial charge in [-0.2, -0.15) is 0 Å². The van der Waals surface area contributed by atoms with E-state index in [1.807, 2.05) is 18.2 Å². The molecule has 0 spiro atoms. The molecule has 6 nitrogen and oxygen atoms in total. The Morgan fingerprint density at radius 1 is 1.18 bits per heavy atom. The van der Waals surface area contributed by atoms with Crippen molar-refractivity contribution in [3.05, 3.63) is 80.9 Å². The van der Waals surface area contributed by atoms with Crippen LogP contribution in [0.25, 0.3) is 5.65 Å². The number of pyridine rings is 1. The molecule has 1 aromatic carbocycles. The number of halogens is 1. The highest BCUT2D eigenvalue weighted by Gasteiger charge is 2.24. The number of carbonyl (C=O) groups is 1. The van der Waals surface area contributed by atoms with Gasteiger partial charge in [0.1, 0.15) is 5.65 Å². The average molecular weight is 397 g/mol. The van der Waals surface area contributed by atoms with E-state index in [4.69, 9.17) is 11.6 Å². The van der Waals surface area contributed by atoms with Gasteiger partial charge in [-0.05, 0) is 30.5 Å². The van der Waals surface area contributed by atoms with Gasteiger partial charge in [-0.1, -0.05) is 41.9 Å². The molecule has 7 heteroatoms. The number of nitrogens with zero attached hydrogens (tertiary/aromatic N) is 3. The van der Waals surface area contributed by atoms with Crippen LogP contribution < -0.4 is 10.9 Å². The zero-order valence-corrected chi connectivity index (χ0v) is 16.2. The summed E-state index contributed by atoms with van der Waals surface area (Å²) in [6.45, 7) is 1.41. The van der Waals surface area contributed by atoms with E-state index < -0.39 is 0 Å². The van der Waals surface area contributed by atoms with Crippen LogP contribution in [0, 0.1) is 0 Å². The lowest BCUT2D eigenvalue weighted by Crippen LogP contribution is -2.45. The molecule has 28 heavy (non-hydrogen) atoms. The number of nitrogens with one attached hydrogen (secondary N) is 1. The van der Waals surface area contributed by atoms with Gasteiger partial charge >= 0.3 is 6.03 Å². The maximum Gasteiger partial charge on any atom is 0.317 e. The number of aryl methyl sites for hydroxylation is 1. The van der Waals surface area contributed by atoms with Crippen LogP contribution in [0.15, 0.2) is 53.5 Å². The van der Waals surface area contributed by atoms with E-state index in [0.717, 1.165) is 18.5 Å². The fourth-order valence-corrected chi connectivity index (χ4v) is 3.65. The van der Waals surface area contributed by atoms with Crippen LogP contribution in [0.2, 0.25) is 5.02 Å². The molecule has 0 radical (unpaired) electrons. The molecule has 0 unspecified atom stereocenters. The molecule has 3 aromatic rings. The average Bonchev–Trinajstić information content (AvgIpc) is 2.72. The molecule has 2 amide bonds. The Hall–Kier alpha value is -2.86. The Morgan fingerprint density at radius 3 is 2.82 bits per heavy atom. The summed E-state index contributed by atoms with van der Waals surface area (Å²) in [4.78, 5) is 31.6. The van der Waals surface area contributed by atoms with Gasteiger partial charge in [0.05, 0.1) is 22.8 Å². The van der Waals surface area contributed by atoms with Gasteiger partial charge in [-0.25, -0.2) is 9.78 Å². The third kappa shape index (κ3) is 3.87. The highest BCUT2D eigenvalue weighted by Crippen LogP contribution is 2.16. The minimum atomic E-state index is -0.163. The summed E-state index contributed by atoms with van der Waals surface area (Å²) in [6.07, 6.45) is 3.92. The number of urea groups is 1. The lowest BCUT2D eigenvalue weighted by atomic mass is 10.1. The van der Waals surface area contributed by atoms with Crippen molar-refractivity contribution in [2.45, 2.75) is 25.8 Å². The smallest absolute Gasteiger partial charge is 0.317 e. The Labute approximate surface area is 167 Å². The second kappa shape index (κ2) is 8.02. The van der Waals surface area contributed by atoms with Crippen LogP contribution in [0.5, 0.6) is 0 Å². The molecule has 0 saturated heterocycles. The van der Waals surface area contributed by atoms with Crippen molar-refractivity contribution in [1.82, 2.24) is 19.6 Å². The van der Waals surface area contributed by atoms with Gasteiger partial charge in [0.25, 0.3) is 5.56 Å². The third-order valence-corrected chi connectivity index (χ3v) is 5.21. The fraction of sp³-hybridized carbons (Fsp3) is 0.286. The molecule has 1 aliphatic rings. The lowest BCUT2D eigenvalue weighted by molar-refractivity contribution is 0.191. The highest BCUT2D eigenvalue weighted by atomic mass is 35.5. The zero-order valence-electron chi connectivity index (χ0n) is 15.4. The van der Waals surface area contributed by atoms with Gasteiger partial charge in [0.15, 0.2) is 0 Å². The van der Waals surface area contributed by atoms with Crippen molar-refractivity contribution in [2.75, 3.05) is 13.1 Å². The Morgan fingerprint density at radius 2 is 2.00 bits per heavy atom. The molecular weight excluding hydrogens is 376 g/mol. The first-order valence-corrected chi connectivity index (χ1v) is 9.76. The van der Waals surface area contributed by atoms with Crippen molar-refractivity contribution < 1.29 is 4.79 Å². The number of hydrogen-bond donors (Lipinski definition) is 1. The molecule has 0 bridgehead atoms. The maximum absolute atomic E-state index is 12.8. The van der Waals surface area contributed by atoms with Crippen molar-refractivity contribution in [3.8, 4) is 0 Å². The summed E-state index contributed by atoms with van der Waals surface area (Å²) >= 11 is 6.01. The molecule has 0 fully saturated rings. The lowest BCUT2D eigenvalue weighted by Gasteiger charge is -2.28. The van der Waals surface area contributed by atoms with Crippen molar-refractivity contribution in [2.24, 2.45) is 0 Å². The van der Waals surface area contributed by atoms with Crippen LogP contribution in [-0.4, -0.2) is 33.4 Å². The van der Waals surface area contributed by atoms with Crippen LogP contribution in [0.3, 0.4) is 0 Å². The highest BCUT2D eigenvalue weighted by molar-refractivity contribution is 6.30. The number of carbonyl (C=O) groups excluding carboxylic acids is 1. The molecule has 1 N–H and O–H groups in total. The fourth-order valence-electron chi connectivity index (χ4n) is 3.49. The second-order valence-corrected chi connectivity index (χ2v) is 7.35. The summed E-state index contributed by atoms with van der Waals surface area (Å²) in [7, 11) is 0. The van der Waals surface area contributed by atoms with Crippen molar-refractivity contribution >= 4 is 23.3 Å². The molecule has 144 valence electrons. The largest absolute Gasteiger partial charge is 0.338 e. The Kier molecular flexibility index (Phi) is 5.30. The van der Waals surface area contributed by atoms with Gasteiger partial charge in [-0.3, -0.25) is 9.20 Å². The first-order chi connectivity index (χ1) is 13.6. The molecule has 1 aliphatic heterocycles. The quantitative estimate of drug-likeness (QED) is 0.689. The standard InChI is InChI=1S/C21H21ClN4O2/c22-16-8-9-19-24-18-10-12-25(14-17(18)20(27)26(19)13-16)21(28)23-11-4-7-15-5-2-1-3-6-15/h1-3,5-6,8-9,13H,4,7,10-12,14H2,(H,23,28). The van der Waals surface area contributed by atoms with Gasteiger partial charge in [0, 0.05) is 25.7 Å². The topological polar surface area (TPSA) is 66.7 Å². The minimum absolute atomic E-state index is 0.144. The number of rotatable bonds is 4. The summed E-state index contributed by atoms with van der Waals surface area (Å²) in [5.41, 5.74) is 3.00.